The molecule has 61 heavy (non-hydrogen) atoms. The third-order valence-electron chi connectivity index (χ3n) is 12.9. The molecule has 1 heterocycles. The summed E-state index contributed by atoms with van der Waals surface area (Å²) in [5.74, 6) is 2.73. The van der Waals surface area contributed by atoms with E-state index in [1.807, 2.05) is 36.4 Å². The number of aromatic nitrogens is 1. The molecule has 0 amide bonds. The molecule has 0 saturated heterocycles. The molecule has 0 saturated carbocycles. The Morgan fingerprint density at radius 2 is 1.36 bits per heavy atom. The fourth-order valence-corrected chi connectivity index (χ4v) is 11.7. The van der Waals surface area contributed by atoms with Crippen LogP contribution < -0.4 is 13.9 Å². The summed E-state index contributed by atoms with van der Waals surface area (Å²) < 4.78 is 25.6. The van der Waals surface area contributed by atoms with E-state index in [0.29, 0.717) is 28.7 Å². The average Bonchev–Trinajstić information content (AvgIpc) is 3.54. The van der Waals surface area contributed by atoms with E-state index in [0.717, 1.165) is 82.0 Å². The number of para-hydroxylation sites is 2. The van der Waals surface area contributed by atoms with Crippen molar-refractivity contribution in [3.8, 4) is 28.4 Å². The lowest BCUT2D eigenvalue weighted by molar-refractivity contribution is 0.239. The second kappa shape index (κ2) is 19.5. The van der Waals surface area contributed by atoms with Gasteiger partial charge in [-0.1, -0.05) is 80.4 Å². The summed E-state index contributed by atoms with van der Waals surface area (Å²) in [6, 6.07) is 22.7. The van der Waals surface area contributed by atoms with E-state index in [4.69, 9.17) is 42.1 Å². The summed E-state index contributed by atoms with van der Waals surface area (Å²) in [5.41, 5.74) is 12.8. The molecule has 1 unspecified atom stereocenters. The zero-order valence-corrected chi connectivity index (χ0v) is 43.6. The molecule has 7 rings (SSSR count). The van der Waals surface area contributed by atoms with Gasteiger partial charge in [-0.2, -0.15) is 0 Å². The first-order chi connectivity index (χ1) is 29.1. The Labute approximate surface area is 402 Å². The van der Waals surface area contributed by atoms with Crippen LogP contribution in [0.2, 0.25) is 28.2 Å². The molecule has 322 valence electrons. The van der Waals surface area contributed by atoms with E-state index in [9.17, 15) is 0 Å². The molecule has 0 spiro atoms. The maximum absolute atomic E-state index is 7.77. The highest BCUT2D eigenvalue weighted by molar-refractivity contribution is 14.1. The molecule has 10 heteroatoms. The Bertz CT molecular complexity index is 2450. The zero-order valence-electron chi connectivity index (χ0n) is 36.8. The van der Waals surface area contributed by atoms with Crippen LogP contribution in [0.4, 0.5) is 5.69 Å². The van der Waals surface area contributed by atoms with Gasteiger partial charge in [-0.05, 0) is 193 Å². The first kappa shape index (κ1) is 46.2. The van der Waals surface area contributed by atoms with Crippen LogP contribution in [0.25, 0.3) is 17.2 Å². The summed E-state index contributed by atoms with van der Waals surface area (Å²) in [6.07, 6.45) is 13.1. The number of aryl methyl sites for hydroxylation is 4. The first-order valence-corrected chi connectivity index (χ1v) is 27.4. The van der Waals surface area contributed by atoms with Crippen LogP contribution in [0.1, 0.15) is 92.1 Å². The molecule has 0 N–H and O–H groups in total. The SMILES string of the molecule is COc1ccccc1/C=C/CC(=Nc1c(Cl)cccc1Cl)C(Cn1c(C)ccc1C)Oc1c(I)cc2c(c1-c1c3c(cc(I)c1O[Si](C)(C)C(C)(C)C)CCCC3)CCCC2. The van der Waals surface area contributed by atoms with Gasteiger partial charge in [0.1, 0.15) is 22.9 Å². The van der Waals surface area contributed by atoms with Gasteiger partial charge in [0.25, 0.3) is 8.32 Å². The lowest BCUT2D eigenvalue weighted by atomic mass is 9.80. The van der Waals surface area contributed by atoms with Gasteiger partial charge >= 0.3 is 0 Å². The molecule has 5 nitrogen and oxygen atoms in total. The van der Waals surface area contributed by atoms with Crippen LogP contribution in [-0.4, -0.2) is 31.8 Å². The van der Waals surface area contributed by atoms with E-state index in [-0.39, 0.29) is 5.04 Å². The Kier molecular flexibility index (Phi) is 14.8. The van der Waals surface area contributed by atoms with Crippen molar-refractivity contribution in [2.24, 2.45) is 4.99 Å². The fourth-order valence-electron chi connectivity index (χ4n) is 8.45. The average molecular weight is 1100 g/mol. The minimum atomic E-state index is -2.27. The van der Waals surface area contributed by atoms with Crippen molar-refractivity contribution in [3.63, 3.8) is 0 Å². The van der Waals surface area contributed by atoms with Crippen molar-refractivity contribution in [1.82, 2.24) is 4.57 Å². The molecule has 0 fully saturated rings. The molecule has 5 aromatic rings. The van der Waals surface area contributed by atoms with Gasteiger partial charge in [0.05, 0.1) is 36.6 Å². The molecule has 0 bridgehead atoms. The summed E-state index contributed by atoms with van der Waals surface area (Å²) in [7, 11) is -0.570. The maximum Gasteiger partial charge on any atom is 0.250 e. The first-order valence-electron chi connectivity index (χ1n) is 21.6. The normalized spacial score (nSPS) is 15.1. The third kappa shape index (κ3) is 10.1. The lowest BCUT2D eigenvalue weighted by Crippen LogP contribution is -2.44. The Morgan fingerprint density at radius 3 is 1.95 bits per heavy atom. The monoisotopic (exact) mass is 1100 g/mol. The number of rotatable bonds is 13. The molecular weight excluding hydrogens is 1040 g/mol. The Hall–Kier alpha value is -2.77. The van der Waals surface area contributed by atoms with Gasteiger partial charge in [0.2, 0.25) is 0 Å². The minimum absolute atomic E-state index is 0.0212. The standard InChI is InChI=1S/C51H58Cl2I2N2O3Si/c1-32-27-28-33(2)57(32)31-45(43(56-48-39(52)23-16-24-40(48)53)25-15-20-34-17-11-14-26-44(34)58-6)59-49-41(54)29-35-18-9-12-21-37(35)46(49)47-38-22-13-10-19-36(38)30-42(55)50(47)60-61(7,8)51(3,4)5/h11,14-17,20,23-24,26-30,45H,9-10,12-13,18-19,21-22,25,31H2,1-8H3/b20-15+,56-43?. The Morgan fingerprint density at radius 1 is 0.803 bits per heavy atom. The van der Waals surface area contributed by atoms with Crippen molar-refractivity contribution >= 4 is 94.2 Å². The molecule has 4 aromatic carbocycles. The smallest absolute Gasteiger partial charge is 0.250 e. The molecule has 2 aliphatic rings. The van der Waals surface area contributed by atoms with E-state index < -0.39 is 14.4 Å². The maximum atomic E-state index is 7.77. The van der Waals surface area contributed by atoms with E-state index in [1.165, 1.54) is 49.8 Å². The van der Waals surface area contributed by atoms with Crippen LogP contribution in [-0.2, 0) is 32.2 Å². The van der Waals surface area contributed by atoms with Crippen molar-refractivity contribution in [2.75, 3.05) is 7.11 Å². The van der Waals surface area contributed by atoms with Crippen LogP contribution in [0.5, 0.6) is 17.2 Å². The number of methoxy groups -OCH3 is 1. The van der Waals surface area contributed by atoms with Crippen LogP contribution in [0, 0.1) is 21.0 Å². The van der Waals surface area contributed by atoms with E-state index in [2.05, 4.69) is 140 Å². The quantitative estimate of drug-likeness (QED) is 0.0670. The summed E-state index contributed by atoms with van der Waals surface area (Å²) in [6.45, 7) is 16.6. The number of benzene rings is 4. The number of hydrogen-bond acceptors (Lipinski definition) is 4. The molecule has 1 atom stereocenters. The number of nitrogens with zero attached hydrogens (tertiary/aromatic N) is 2. The number of halogens is 4. The summed E-state index contributed by atoms with van der Waals surface area (Å²) >= 11 is 18.9. The van der Waals surface area contributed by atoms with Crippen LogP contribution in [0.3, 0.4) is 0 Å². The fraction of sp³-hybridized carbons (Fsp3) is 0.392. The van der Waals surface area contributed by atoms with E-state index >= 15 is 0 Å². The van der Waals surface area contributed by atoms with Crippen molar-refractivity contribution in [1.29, 1.82) is 0 Å². The molecule has 1 aromatic heterocycles. The van der Waals surface area contributed by atoms with Gasteiger partial charge in [-0.15, -0.1) is 0 Å². The zero-order chi connectivity index (χ0) is 43.6. The number of ether oxygens (including phenoxy) is 2. The molecular formula is C51H58Cl2I2N2O3Si. The second-order valence-corrected chi connectivity index (χ2v) is 25.9. The van der Waals surface area contributed by atoms with Crippen molar-refractivity contribution < 1.29 is 13.9 Å². The summed E-state index contributed by atoms with van der Waals surface area (Å²) in [5, 5.41) is 1.01. The van der Waals surface area contributed by atoms with Crippen molar-refractivity contribution in [2.45, 2.75) is 123 Å². The number of aliphatic imine (C=N–C) groups is 1. The Balaban J connectivity index is 1.49. The highest BCUT2D eigenvalue weighted by Gasteiger charge is 2.41. The summed E-state index contributed by atoms with van der Waals surface area (Å²) in [4.78, 5) is 5.37. The highest BCUT2D eigenvalue weighted by Crippen LogP contribution is 2.52. The molecule has 0 aliphatic heterocycles. The van der Waals surface area contributed by atoms with Gasteiger partial charge < -0.3 is 18.5 Å². The van der Waals surface area contributed by atoms with Gasteiger partial charge in [-0.3, -0.25) is 4.99 Å². The predicted molar refractivity (Wildman–Crippen MR) is 277 cm³/mol. The van der Waals surface area contributed by atoms with Crippen LogP contribution >= 0.6 is 68.4 Å². The molecule has 2 aliphatic carbocycles. The molecule has 0 radical (unpaired) electrons. The minimum Gasteiger partial charge on any atom is -0.542 e. The largest absolute Gasteiger partial charge is 0.542 e. The van der Waals surface area contributed by atoms with Gasteiger partial charge in [0.15, 0.2) is 6.10 Å². The second-order valence-electron chi connectivity index (χ2n) is 18.0. The number of allylic oxidation sites excluding steroid dienone is 1. The highest BCUT2D eigenvalue weighted by atomic mass is 127. The van der Waals surface area contributed by atoms with Gasteiger partial charge in [0, 0.05) is 34.5 Å². The van der Waals surface area contributed by atoms with Crippen LogP contribution in [0.15, 0.2) is 77.8 Å². The number of hydrogen-bond donors (Lipinski definition) is 0. The lowest BCUT2D eigenvalue weighted by Gasteiger charge is -2.39. The topological polar surface area (TPSA) is 45.0 Å². The van der Waals surface area contributed by atoms with Crippen molar-refractivity contribution in [3.05, 3.63) is 129 Å². The predicted octanol–water partition coefficient (Wildman–Crippen LogP) is 15.8. The number of fused-ring (bicyclic) bond motifs is 2. The van der Waals surface area contributed by atoms with Gasteiger partial charge in [-0.25, -0.2) is 0 Å². The third-order valence-corrected chi connectivity index (χ3v) is 19.4. The van der Waals surface area contributed by atoms with E-state index in [1.54, 1.807) is 7.11 Å².